The van der Waals surface area contributed by atoms with Crippen LogP contribution in [0.4, 0.5) is 5.69 Å². The van der Waals surface area contributed by atoms with Crippen molar-refractivity contribution in [3.05, 3.63) is 48.5 Å². The van der Waals surface area contributed by atoms with Gasteiger partial charge in [0.2, 0.25) is 11.8 Å². The van der Waals surface area contributed by atoms with E-state index in [4.69, 9.17) is 4.42 Å². The Labute approximate surface area is 140 Å². The smallest absolute Gasteiger partial charge is 0.227 e. The van der Waals surface area contributed by atoms with Crippen molar-refractivity contribution in [2.75, 3.05) is 5.32 Å². The lowest BCUT2D eigenvalue weighted by atomic mass is 9.88. The van der Waals surface area contributed by atoms with Gasteiger partial charge in [-0.2, -0.15) is 0 Å². The maximum absolute atomic E-state index is 12.3. The first kappa shape index (κ1) is 14.9. The Bertz CT molecular complexity index is 812. The van der Waals surface area contributed by atoms with Crippen LogP contribution in [0, 0.1) is 5.92 Å². The van der Waals surface area contributed by atoms with Gasteiger partial charge in [0.15, 0.2) is 5.58 Å². The Morgan fingerprint density at radius 1 is 1.00 bits per heavy atom. The van der Waals surface area contributed by atoms with Gasteiger partial charge in [-0.05, 0) is 49.2 Å². The Morgan fingerprint density at radius 2 is 1.75 bits per heavy atom. The van der Waals surface area contributed by atoms with Crippen LogP contribution in [0.5, 0.6) is 0 Å². The van der Waals surface area contributed by atoms with E-state index in [9.17, 15) is 4.79 Å². The Morgan fingerprint density at radius 3 is 2.50 bits per heavy atom. The molecule has 1 N–H and O–H groups in total. The maximum Gasteiger partial charge on any atom is 0.227 e. The number of nitrogens with one attached hydrogen (secondary N) is 1. The molecule has 0 saturated heterocycles. The van der Waals surface area contributed by atoms with Gasteiger partial charge >= 0.3 is 0 Å². The van der Waals surface area contributed by atoms with Crippen molar-refractivity contribution in [2.24, 2.45) is 5.92 Å². The molecule has 122 valence electrons. The van der Waals surface area contributed by atoms with Crippen LogP contribution in [-0.4, -0.2) is 10.9 Å². The van der Waals surface area contributed by atoms with Crippen LogP contribution in [0.2, 0.25) is 0 Å². The number of carbonyl (C=O) groups excluding carboxylic acids is 1. The minimum atomic E-state index is 0.143. The second kappa shape index (κ2) is 6.48. The number of fused-ring (bicyclic) bond motifs is 1. The normalized spacial score (nSPS) is 15.5. The fraction of sp³-hybridized carbons (Fsp3) is 0.300. The Hall–Kier alpha value is -2.62. The lowest BCUT2D eigenvalue weighted by molar-refractivity contribution is -0.120. The number of benzene rings is 2. The number of carbonyl (C=O) groups is 1. The quantitative estimate of drug-likeness (QED) is 0.737. The van der Waals surface area contributed by atoms with Gasteiger partial charge in [0, 0.05) is 17.2 Å². The summed E-state index contributed by atoms with van der Waals surface area (Å²) in [6.45, 7) is 0. The van der Waals surface area contributed by atoms with E-state index in [1.807, 2.05) is 48.5 Å². The molecule has 4 rings (SSSR count). The Balaban J connectivity index is 1.48. The number of hydrogen-bond acceptors (Lipinski definition) is 3. The molecule has 1 amide bonds. The van der Waals surface area contributed by atoms with Gasteiger partial charge in [0.05, 0.1) is 0 Å². The second-order valence-corrected chi connectivity index (χ2v) is 6.39. The molecule has 4 nitrogen and oxygen atoms in total. The van der Waals surface area contributed by atoms with Crippen LogP contribution in [0.15, 0.2) is 52.9 Å². The SMILES string of the molecule is O=C(Nc1ccc(-c2nc3ccccc3o2)cc1)C1CCCCC1. The fourth-order valence-corrected chi connectivity index (χ4v) is 3.30. The van der Waals surface area contributed by atoms with E-state index in [1.165, 1.54) is 6.42 Å². The number of anilines is 1. The lowest BCUT2D eigenvalue weighted by Gasteiger charge is -2.20. The van der Waals surface area contributed by atoms with Gasteiger partial charge in [-0.25, -0.2) is 4.98 Å². The van der Waals surface area contributed by atoms with E-state index >= 15 is 0 Å². The average Bonchev–Trinajstić information content (AvgIpc) is 3.07. The van der Waals surface area contributed by atoms with E-state index < -0.39 is 0 Å². The first-order valence-electron chi connectivity index (χ1n) is 8.56. The topological polar surface area (TPSA) is 55.1 Å². The summed E-state index contributed by atoms with van der Waals surface area (Å²) in [7, 11) is 0. The number of para-hydroxylation sites is 2. The van der Waals surface area contributed by atoms with Crippen molar-refractivity contribution >= 4 is 22.7 Å². The van der Waals surface area contributed by atoms with Crippen molar-refractivity contribution < 1.29 is 9.21 Å². The van der Waals surface area contributed by atoms with Gasteiger partial charge in [0.1, 0.15) is 5.52 Å². The summed E-state index contributed by atoms with van der Waals surface area (Å²) < 4.78 is 5.77. The zero-order valence-electron chi connectivity index (χ0n) is 13.5. The molecule has 1 aliphatic rings. The third kappa shape index (κ3) is 3.04. The molecule has 4 heteroatoms. The monoisotopic (exact) mass is 320 g/mol. The maximum atomic E-state index is 12.3. The summed E-state index contributed by atoms with van der Waals surface area (Å²) in [5.41, 5.74) is 3.36. The van der Waals surface area contributed by atoms with Crippen LogP contribution in [0.3, 0.4) is 0 Å². The van der Waals surface area contributed by atoms with Crippen molar-refractivity contribution in [2.45, 2.75) is 32.1 Å². The molecule has 1 aromatic heterocycles. The highest BCUT2D eigenvalue weighted by Gasteiger charge is 2.21. The summed E-state index contributed by atoms with van der Waals surface area (Å²) in [6.07, 6.45) is 5.59. The number of amides is 1. The largest absolute Gasteiger partial charge is 0.436 e. The first-order valence-corrected chi connectivity index (χ1v) is 8.56. The lowest BCUT2D eigenvalue weighted by Crippen LogP contribution is -2.24. The van der Waals surface area contributed by atoms with Gasteiger partial charge in [0.25, 0.3) is 0 Å². The highest BCUT2D eigenvalue weighted by molar-refractivity contribution is 5.92. The minimum Gasteiger partial charge on any atom is -0.436 e. The second-order valence-electron chi connectivity index (χ2n) is 6.39. The van der Waals surface area contributed by atoms with Gasteiger partial charge in [-0.1, -0.05) is 31.4 Å². The number of oxazole rings is 1. The highest BCUT2D eigenvalue weighted by Crippen LogP contribution is 2.27. The molecule has 1 saturated carbocycles. The average molecular weight is 320 g/mol. The predicted molar refractivity (Wildman–Crippen MR) is 94.6 cm³/mol. The molecule has 0 atom stereocenters. The molecule has 1 heterocycles. The van der Waals surface area contributed by atoms with E-state index in [1.54, 1.807) is 0 Å². The van der Waals surface area contributed by atoms with Crippen LogP contribution >= 0.6 is 0 Å². The summed E-state index contributed by atoms with van der Waals surface area (Å²) in [5, 5.41) is 3.03. The molecule has 0 aliphatic heterocycles. The highest BCUT2D eigenvalue weighted by atomic mass is 16.3. The summed E-state index contributed by atoms with van der Waals surface area (Å²) in [6, 6.07) is 15.4. The zero-order valence-corrected chi connectivity index (χ0v) is 13.5. The van der Waals surface area contributed by atoms with Crippen LogP contribution in [0.1, 0.15) is 32.1 Å². The van der Waals surface area contributed by atoms with Gasteiger partial charge in [-0.15, -0.1) is 0 Å². The summed E-state index contributed by atoms with van der Waals surface area (Å²) in [4.78, 5) is 16.8. The van der Waals surface area contributed by atoms with Crippen molar-refractivity contribution in [1.29, 1.82) is 0 Å². The zero-order chi connectivity index (χ0) is 16.4. The summed E-state index contributed by atoms with van der Waals surface area (Å²) >= 11 is 0. The third-order valence-corrected chi connectivity index (χ3v) is 4.67. The molecule has 2 aromatic carbocycles. The standard InChI is InChI=1S/C20H20N2O2/c23-19(14-6-2-1-3-7-14)21-16-12-10-15(11-13-16)20-22-17-8-4-5-9-18(17)24-20/h4-5,8-14H,1-3,6-7H2,(H,21,23). The predicted octanol–water partition coefficient (Wildman–Crippen LogP) is 5.01. The van der Waals surface area contributed by atoms with Gasteiger partial charge in [-0.3, -0.25) is 4.79 Å². The molecule has 0 bridgehead atoms. The summed E-state index contributed by atoms with van der Waals surface area (Å²) in [5.74, 6) is 0.904. The number of hydrogen-bond donors (Lipinski definition) is 1. The molecule has 0 radical (unpaired) electrons. The van der Waals surface area contributed by atoms with Crippen LogP contribution in [0.25, 0.3) is 22.6 Å². The van der Waals surface area contributed by atoms with Gasteiger partial charge < -0.3 is 9.73 Å². The number of nitrogens with zero attached hydrogens (tertiary/aromatic N) is 1. The Kier molecular flexibility index (Phi) is 4.03. The van der Waals surface area contributed by atoms with Crippen LogP contribution in [-0.2, 0) is 4.79 Å². The third-order valence-electron chi connectivity index (χ3n) is 4.67. The van der Waals surface area contributed by atoms with E-state index in [-0.39, 0.29) is 11.8 Å². The molecule has 0 spiro atoms. The molecule has 1 fully saturated rings. The molecule has 1 aliphatic carbocycles. The van der Waals surface area contributed by atoms with Crippen molar-refractivity contribution in [1.82, 2.24) is 4.98 Å². The molecular formula is C20H20N2O2. The minimum absolute atomic E-state index is 0.143. The van der Waals surface area contributed by atoms with Crippen LogP contribution < -0.4 is 5.32 Å². The molecule has 24 heavy (non-hydrogen) atoms. The van der Waals surface area contributed by atoms with Crippen molar-refractivity contribution in [3.8, 4) is 11.5 Å². The van der Waals surface area contributed by atoms with E-state index in [2.05, 4.69) is 10.3 Å². The molecule has 0 unspecified atom stereocenters. The van der Waals surface area contributed by atoms with Crippen molar-refractivity contribution in [3.63, 3.8) is 0 Å². The number of rotatable bonds is 3. The first-order chi connectivity index (χ1) is 11.8. The fourth-order valence-electron chi connectivity index (χ4n) is 3.30. The number of aromatic nitrogens is 1. The van der Waals surface area contributed by atoms with E-state index in [0.717, 1.165) is 48.0 Å². The molecule has 3 aromatic rings. The van der Waals surface area contributed by atoms with E-state index in [0.29, 0.717) is 5.89 Å². The molecular weight excluding hydrogens is 300 g/mol.